The first-order chi connectivity index (χ1) is 50.8. The van der Waals surface area contributed by atoms with Crippen LogP contribution >= 0.6 is 0 Å². The van der Waals surface area contributed by atoms with Crippen molar-refractivity contribution >= 4 is 66.4 Å². The summed E-state index contributed by atoms with van der Waals surface area (Å²) < 4.78 is 0. The molecule has 4 N–H and O–H groups in total. The van der Waals surface area contributed by atoms with Crippen molar-refractivity contribution in [2.24, 2.45) is 0 Å². The Morgan fingerprint density at radius 1 is 0.223 bits per heavy atom. The Hall–Kier alpha value is -12.0. The van der Waals surface area contributed by atoms with E-state index in [0.29, 0.717) is 0 Å². The molecule has 0 bridgehead atoms. The van der Waals surface area contributed by atoms with Gasteiger partial charge < -0.3 is 39.5 Å². The smallest absolute Gasteiger partial charge is 0.0819 e. The molecule has 0 aliphatic carbocycles. The van der Waals surface area contributed by atoms with Crippen molar-refractivity contribution in [2.75, 3.05) is 45.8 Å². The maximum absolute atomic E-state index is 3.49. The highest BCUT2D eigenvalue weighted by atomic mass is 15.2. The summed E-state index contributed by atoms with van der Waals surface area (Å²) in [6, 6.07) is 108. The van der Waals surface area contributed by atoms with E-state index in [0.717, 1.165) is 51.9 Å². The Labute approximate surface area is 604 Å². The van der Waals surface area contributed by atoms with E-state index in [1.807, 2.05) is 0 Å². The summed E-state index contributed by atoms with van der Waals surface area (Å²) in [7, 11) is 0. The number of nitrogens with one attached hydrogen (secondary N) is 4. The largest absolute Gasteiger partial charge is 0.361 e. The van der Waals surface area contributed by atoms with Crippen LogP contribution in [-0.2, 0) is 25.7 Å². The summed E-state index contributed by atoms with van der Waals surface area (Å²) in [4.78, 5) is 24.1. The zero-order valence-electron chi connectivity index (χ0n) is 58.9. The minimum absolute atomic E-state index is 0.234. The third-order valence-electron chi connectivity index (χ3n) is 22.0. The number of benzene rings is 12. The Balaban J connectivity index is 0.000000102. The van der Waals surface area contributed by atoms with E-state index in [1.165, 1.54) is 150 Å². The van der Waals surface area contributed by atoms with E-state index in [-0.39, 0.29) is 24.2 Å². The van der Waals surface area contributed by atoms with Crippen LogP contribution in [0.3, 0.4) is 0 Å². The summed E-state index contributed by atoms with van der Waals surface area (Å²) >= 11 is 0. The van der Waals surface area contributed by atoms with Crippen LogP contribution < -0.4 is 19.6 Å². The van der Waals surface area contributed by atoms with Gasteiger partial charge in [0, 0.05) is 140 Å². The van der Waals surface area contributed by atoms with Crippen LogP contribution in [0, 0.1) is 20.8 Å². The van der Waals surface area contributed by atoms with Crippen LogP contribution in [0.25, 0.3) is 43.6 Å². The first-order valence-electron chi connectivity index (χ1n) is 36.7. The topological polar surface area (TPSA) is 76.1 Å². The van der Waals surface area contributed by atoms with Gasteiger partial charge in [-0.2, -0.15) is 0 Å². The standard InChI is InChI=1S/3C24H22N2.C23H20N2/c2*1-17-10-12-19(13-11-17)26-15-14-18-6-2-3-7-20(18)24(26)22-16-25-23-9-5-4-8-21(22)23;1-17-11-12-23-21(15-17)22(16-25-23)24-20-10-6-5-7-18(20)13-14-26(24)19-8-3-2-4-9-19;1-2-9-18(10-3-1)25-15-14-17-8-4-5-11-19(17)23(25)21-16-24-22-13-7-6-12-20(21)22/h2*2-13,16,24-25H,14-15H2,1H3;2-12,15-16,24-25H,13-14H2,1H3;1-13,16,23-24H,14-15H2/t3*24-;23-/m1111/s1. The molecule has 0 saturated heterocycles. The number of nitrogens with zero attached hydrogens (tertiary/aromatic N) is 4. The van der Waals surface area contributed by atoms with Gasteiger partial charge in [0.25, 0.3) is 0 Å². The maximum atomic E-state index is 3.49. The van der Waals surface area contributed by atoms with Crippen molar-refractivity contribution in [1.29, 1.82) is 0 Å². The van der Waals surface area contributed by atoms with Crippen LogP contribution in [0.2, 0.25) is 0 Å². The van der Waals surface area contributed by atoms with Gasteiger partial charge in [0.15, 0.2) is 0 Å². The first kappa shape index (κ1) is 64.4. The Morgan fingerprint density at radius 2 is 0.476 bits per heavy atom. The highest BCUT2D eigenvalue weighted by Gasteiger charge is 2.35. The van der Waals surface area contributed by atoms with Gasteiger partial charge in [0.05, 0.1) is 24.2 Å². The monoisotopic (exact) mass is 1340 g/mol. The highest BCUT2D eigenvalue weighted by molar-refractivity contribution is 5.88. The second-order valence-corrected chi connectivity index (χ2v) is 28.2. The molecule has 8 heterocycles. The summed E-state index contributed by atoms with van der Waals surface area (Å²) in [6.45, 7) is 10.6. The highest BCUT2D eigenvalue weighted by Crippen LogP contribution is 2.46. The lowest BCUT2D eigenvalue weighted by Gasteiger charge is -2.39. The number of H-pyrrole nitrogens is 4. The van der Waals surface area contributed by atoms with Gasteiger partial charge in [-0.3, -0.25) is 0 Å². The number of aromatic amines is 4. The molecule has 0 radical (unpaired) electrons. The van der Waals surface area contributed by atoms with Crippen LogP contribution in [-0.4, -0.2) is 46.1 Å². The number of rotatable bonds is 8. The predicted octanol–water partition coefficient (Wildman–Crippen LogP) is 22.2. The number of para-hydroxylation sites is 5. The predicted molar refractivity (Wildman–Crippen MR) is 431 cm³/mol. The maximum Gasteiger partial charge on any atom is 0.0819 e. The Bertz CT molecular complexity index is 5410. The van der Waals surface area contributed by atoms with Gasteiger partial charge >= 0.3 is 0 Å². The van der Waals surface area contributed by atoms with E-state index < -0.39 is 0 Å². The molecular weight excluding hydrogens is 1250 g/mol. The summed E-state index contributed by atoms with van der Waals surface area (Å²) in [5.41, 5.74) is 30.8. The van der Waals surface area contributed by atoms with E-state index in [9.17, 15) is 0 Å². The number of anilines is 4. The minimum Gasteiger partial charge on any atom is -0.361 e. The number of aryl methyl sites for hydroxylation is 3. The number of hydrogen-bond donors (Lipinski definition) is 4. The lowest BCUT2D eigenvalue weighted by Crippen LogP contribution is -2.36. The summed E-state index contributed by atoms with van der Waals surface area (Å²) in [6.07, 6.45) is 13.1. The molecule has 506 valence electrons. The molecule has 0 unspecified atom stereocenters. The lowest BCUT2D eigenvalue weighted by molar-refractivity contribution is 0.656. The van der Waals surface area contributed by atoms with Crippen LogP contribution in [0.1, 0.15) is 108 Å². The fraction of sp³-hybridized carbons (Fsp3) is 0.158. The van der Waals surface area contributed by atoms with E-state index in [1.54, 1.807) is 0 Å². The van der Waals surface area contributed by atoms with Crippen LogP contribution in [0.15, 0.2) is 322 Å². The fourth-order valence-electron chi connectivity index (χ4n) is 16.9. The molecule has 4 aliphatic rings. The summed E-state index contributed by atoms with van der Waals surface area (Å²) in [5, 5.41) is 5.26. The third-order valence-corrected chi connectivity index (χ3v) is 22.0. The lowest BCUT2D eigenvalue weighted by atomic mass is 9.87. The average Bonchev–Trinajstić information content (AvgIpc) is 1.74. The number of fused-ring (bicyclic) bond motifs is 8. The van der Waals surface area contributed by atoms with Crippen LogP contribution in [0.5, 0.6) is 0 Å². The summed E-state index contributed by atoms with van der Waals surface area (Å²) in [5.74, 6) is 0. The van der Waals surface area contributed by atoms with Crippen molar-refractivity contribution in [3.63, 3.8) is 0 Å². The second kappa shape index (κ2) is 28.6. The molecule has 4 aromatic heterocycles. The van der Waals surface area contributed by atoms with E-state index >= 15 is 0 Å². The zero-order chi connectivity index (χ0) is 69.2. The normalized spacial score (nSPS) is 16.7. The molecule has 0 saturated carbocycles. The molecule has 8 nitrogen and oxygen atoms in total. The van der Waals surface area contributed by atoms with Crippen molar-refractivity contribution in [3.05, 3.63) is 405 Å². The molecule has 16 aromatic rings. The number of aromatic nitrogens is 4. The molecule has 0 spiro atoms. The van der Waals surface area contributed by atoms with Gasteiger partial charge in [0.1, 0.15) is 0 Å². The SMILES string of the molecule is Cc1ccc(N2CCc3ccccc3[C@@H]2c2c[nH]c3ccccc23)cc1.Cc1ccc(N2CCc3ccccc3[C@@H]2c2c[nH]c3ccccc23)cc1.Cc1ccc2[nH]cc([C@H]3c4ccccc4CCN3c3ccccc3)c2c1.c1ccc(N2CCc3ccccc3[C@@H]2c2c[nH]c3ccccc23)cc1. The van der Waals surface area contributed by atoms with Crippen molar-refractivity contribution in [2.45, 2.75) is 70.6 Å². The fourth-order valence-corrected chi connectivity index (χ4v) is 16.9. The van der Waals surface area contributed by atoms with Crippen molar-refractivity contribution < 1.29 is 0 Å². The zero-order valence-corrected chi connectivity index (χ0v) is 58.9. The molecule has 20 rings (SSSR count). The van der Waals surface area contributed by atoms with Gasteiger partial charge in [-0.05, 0) is 170 Å². The Kier molecular flexibility index (Phi) is 17.8. The van der Waals surface area contributed by atoms with E-state index in [4.69, 9.17) is 0 Å². The first-order valence-corrected chi connectivity index (χ1v) is 36.7. The quantitative estimate of drug-likeness (QED) is 0.122. The van der Waals surface area contributed by atoms with Crippen molar-refractivity contribution in [1.82, 2.24) is 19.9 Å². The molecular formula is C95H86N8. The van der Waals surface area contributed by atoms with E-state index in [2.05, 4.69) is 382 Å². The average molecular weight is 1340 g/mol. The molecule has 0 amide bonds. The Morgan fingerprint density at radius 3 is 0.806 bits per heavy atom. The molecule has 8 heteroatoms. The molecule has 0 fully saturated rings. The van der Waals surface area contributed by atoms with Gasteiger partial charge in [-0.1, -0.05) is 235 Å². The third kappa shape index (κ3) is 12.7. The van der Waals surface area contributed by atoms with Crippen LogP contribution in [0.4, 0.5) is 22.7 Å². The second-order valence-electron chi connectivity index (χ2n) is 28.2. The van der Waals surface area contributed by atoms with Gasteiger partial charge in [-0.25, -0.2) is 0 Å². The molecule has 103 heavy (non-hydrogen) atoms. The molecule has 12 aromatic carbocycles. The molecule has 4 atom stereocenters. The van der Waals surface area contributed by atoms with Gasteiger partial charge in [0.2, 0.25) is 0 Å². The number of hydrogen-bond acceptors (Lipinski definition) is 4. The minimum atomic E-state index is 0.234. The molecule has 4 aliphatic heterocycles. The van der Waals surface area contributed by atoms with Gasteiger partial charge in [-0.15, -0.1) is 0 Å². The van der Waals surface area contributed by atoms with Crippen molar-refractivity contribution in [3.8, 4) is 0 Å².